The van der Waals surface area contributed by atoms with Gasteiger partial charge in [0.15, 0.2) is 0 Å². The van der Waals surface area contributed by atoms with Crippen LogP contribution < -0.4 is 5.32 Å². The second-order valence-corrected chi connectivity index (χ2v) is 5.58. The molecule has 1 saturated carbocycles. The van der Waals surface area contributed by atoms with E-state index >= 15 is 0 Å². The molecule has 0 radical (unpaired) electrons. The van der Waals surface area contributed by atoms with Crippen LogP contribution in [-0.2, 0) is 6.54 Å². The van der Waals surface area contributed by atoms with Gasteiger partial charge in [0, 0.05) is 18.7 Å². The van der Waals surface area contributed by atoms with Crippen LogP contribution in [0.3, 0.4) is 0 Å². The van der Waals surface area contributed by atoms with Crippen LogP contribution in [0.1, 0.15) is 50.2 Å². The molecular weight excluding hydrogens is 239 g/mol. The Labute approximate surface area is 114 Å². The van der Waals surface area contributed by atoms with Crippen LogP contribution >= 0.6 is 0 Å². The summed E-state index contributed by atoms with van der Waals surface area (Å²) in [7, 11) is 0. The Morgan fingerprint density at radius 3 is 2.74 bits per heavy atom. The lowest BCUT2D eigenvalue weighted by atomic mass is 9.83. The van der Waals surface area contributed by atoms with Crippen molar-refractivity contribution >= 4 is 0 Å². The maximum absolute atomic E-state index is 13.6. The number of hydrogen-bond donors (Lipinski definition) is 1. The highest BCUT2D eigenvalue weighted by Gasteiger charge is 2.31. The van der Waals surface area contributed by atoms with Crippen LogP contribution in [0.4, 0.5) is 4.39 Å². The SMILES string of the molecule is CCC1(CNCc2cc(C#N)ccc2F)CCCC1. The Balaban J connectivity index is 1.94. The smallest absolute Gasteiger partial charge is 0.127 e. The van der Waals surface area contributed by atoms with Crippen molar-refractivity contribution in [3.05, 3.63) is 35.1 Å². The monoisotopic (exact) mass is 260 g/mol. The zero-order chi connectivity index (χ0) is 13.7. The molecule has 1 aromatic carbocycles. The van der Waals surface area contributed by atoms with Gasteiger partial charge in [0.1, 0.15) is 5.82 Å². The molecule has 0 aromatic heterocycles. The van der Waals surface area contributed by atoms with Crippen molar-refractivity contribution in [1.29, 1.82) is 5.26 Å². The van der Waals surface area contributed by atoms with Gasteiger partial charge >= 0.3 is 0 Å². The van der Waals surface area contributed by atoms with Gasteiger partial charge in [0.25, 0.3) is 0 Å². The van der Waals surface area contributed by atoms with E-state index in [-0.39, 0.29) is 5.82 Å². The third-order valence-corrected chi connectivity index (χ3v) is 4.40. The maximum atomic E-state index is 13.6. The second kappa shape index (κ2) is 6.16. The molecule has 102 valence electrons. The molecule has 1 N–H and O–H groups in total. The van der Waals surface area contributed by atoms with Crippen molar-refractivity contribution in [1.82, 2.24) is 5.32 Å². The van der Waals surface area contributed by atoms with Crippen molar-refractivity contribution in [3.8, 4) is 6.07 Å². The third kappa shape index (κ3) is 3.33. The van der Waals surface area contributed by atoms with Crippen LogP contribution in [0, 0.1) is 22.6 Å². The van der Waals surface area contributed by atoms with Crippen molar-refractivity contribution in [2.24, 2.45) is 5.41 Å². The zero-order valence-corrected chi connectivity index (χ0v) is 11.5. The molecule has 1 aromatic rings. The normalized spacial score (nSPS) is 17.3. The van der Waals surface area contributed by atoms with E-state index in [0.717, 1.165) is 6.54 Å². The molecule has 0 amide bonds. The number of halogens is 1. The predicted octanol–water partition coefficient (Wildman–Crippen LogP) is 3.76. The number of hydrogen-bond acceptors (Lipinski definition) is 2. The summed E-state index contributed by atoms with van der Waals surface area (Å²) >= 11 is 0. The van der Waals surface area contributed by atoms with E-state index < -0.39 is 0 Å². The minimum Gasteiger partial charge on any atom is -0.312 e. The summed E-state index contributed by atoms with van der Waals surface area (Å²) in [5.74, 6) is -0.233. The fourth-order valence-electron chi connectivity index (χ4n) is 3.02. The van der Waals surface area contributed by atoms with Crippen molar-refractivity contribution in [2.75, 3.05) is 6.54 Å². The molecule has 1 fully saturated rings. The minimum absolute atomic E-state index is 0.233. The van der Waals surface area contributed by atoms with Crippen LogP contribution in [0.5, 0.6) is 0 Å². The van der Waals surface area contributed by atoms with Crippen molar-refractivity contribution in [2.45, 2.75) is 45.6 Å². The van der Waals surface area contributed by atoms with Gasteiger partial charge in [0.05, 0.1) is 11.6 Å². The first-order valence-electron chi connectivity index (χ1n) is 7.08. The molecule has 3 heteroatoms. The van der Waals surface area contributed by atoms with E-state index in [2.05, 4.69) is 18.3 Å². The summed E-state index contributed by atoms with van der Waals surface area (Å²) in [5, 5.41) is 12.2. The van der Waals surface area contributed by atoms with E-state index in [1.54, 1.807) is 6.07 Å². The Morgan fingerprint density at radius 2 is 2.11 bits per heavy atom. The summed E-state index contributed by atoms with van der Waals surface area (Å²) in [4.78, 5) is 0. The molecule has 1 aliphatic carbocycles. The first kappa shape index (κ1) is 14.0. The van der Waals surface area contributed by atoms with E-state index in [4.69, 9.17) is 5.26 Å². The van der Waals surface area contributed by atoms with Gasteiger partial charge in [-0.2, -0.15) is 5.26 Å². The molecule has 0 aliphatic heterocycles. The molecule has 19 heavy (non-hydrogen) atoms. The molecule has 0 heterocycles. The largest absolute Gasteiger partial charge is 0.312 e. The summed E-state index contributed by atoms with van der Waals surface area (Å²) in [6, 6.07) is 6.58. The molecule has 1 aliphatic rings. The number of nitrogens with zero attached hydrogens (tertiary/aromatic N) is 1. The number of nitriles is 1. The van der Waals surface area contributed by atoms with Gasteiger partial charge in [-0.05, 0) is 42.9 Å². The first-order valence-corrected chi connectivity index (χ1v) is 7.08. The zero-order valence-electron chi connectivity index (χ0n) is 11.5. The quantitative estimate of drug-likeness (QED) is 0.875. The van der Waals surface area contributed by atoms with Crippen LogP contribution in [0.15, 0.2) is 18.2 Å². The average molecular weight is 260 g/mol. The highest BCUT2D eigenvalue weighted by atomic mass is 19.1. The molecule has 0 atom stereocenters. The molecule has 0 bridgehead atoms. The van der Waals surface area contributed by atoms with Gasteiger partial charge in [-0.15, -0.1) is 0 Å². The van der Waals surface area contributed by atoms with Gasteiger partial charge in [0.2, 0.25) is 0 Å². The Hall–Kier alpha value is -1.40. The van der Waals surface area contributed by atoms with Gasteiger partial charge in [-0.1, -0.05) is 19.8 Å². The van der Waals surface area contributed by atoms with E-state index in [1.165, 1.54) is 44.2 Å². The summed E-state index contributed by atoms with van der Waals surface area (Å²) in [5.41, 5.74) is 1.51. The third-order valence-electron chi connectivity index (χ3n) is 4.40. The lowest BCUT2D eigenvalue weighted by molar-refractivity contribution is 0.267. The van der Waals surface area contributed by atoms with Crippen LogP contribution in [0.2, 0.25) is 0 Å². The molecule has 2 rings (SSSR count). The van der Waals surface area contributed by atoms with E-state index in [1.807, 2.05) is 0 Å². The fourth-order valence-corrected chi connectivity index (χ4v) is 3.02. The highest BCUT2D eigenvalue weighted by molar-refractivity contribution is 5.33. The Bertz CT molecular complexity index is 470. The topological polar surface area (TPSA) is 35.8 Å². The summed E-state index contributed by atoms with van der Waals surface area (Å²) in [6.07, 6.45) is 6.36. The standard InChI is InChI=1S/C16H21FN2/c1-2-16(7-3-4-8-16)12-19-11-14-9-13(10-18)5-6-15(14)17/h5-6,9,19H,2-4,7-8,11-12H2,1H3. The van der Waals surface area contributed by atoms with Crippen LogP contribution in [-0.4, -0.2) is 6.54 Å². The number of nitrogens with one attached hydrogen (secondary N) is 1. The minimum atomic E-state index is -0.233. The fraction of sp³-hybridized carbons (Fsp3) is 0.562. The Morgan fingerprint density at radius 1 is 1.37 bits per heavy atom. The first-order chi connectivity index (χ1) is 9.19. The van der Waals surface area contributed by atoms with Crippen molar-refractivity contribution < 1.29 is 4.39 Å². The lowest BCUT2D eigenvalue weighted by Crippen LogP contribution is -2.31. The van der Waals surface area contributed by atoms with E-state index in [9.17, 15) is 4.39 Å². The Kier molecular flexibility index (Phi) is 4.55. The number of benzene rings is 1. The maximum Gasteiger partial charge on any atom is 0.127 e. The lowest BCUT2D eigenvalue weighted by Gasteiger charge is -2.27. The average Bonchev–Trinajstić information content (AvgIpc) is 2.90. The van der Waals surface area contributed by atoms with Gasteiger partial charge in [-0.25, -0.2) is 4.39 Å². The van der Waals surface area contributed by atoms with Crippen LogP contribution in [0.25, 0.3) is 0 Å². The van der Waals surface area contributed by atoms with E-state index in [0.29, 0.717) is 23.1 Å². The molecule has 2 nitrogen and oxygen atoms in total. The number of rotatable bonds is 5. The predicted molar refractivity (Wildman–Crippen MR) is 74.0 cm³/mol. The molecule has 0 unspecified atom stereocenters. The summed E-state index contributed by atoms with van der Waals surface area (Å²) in [6.45, 7) is 3.69. The van der Waals surface area contributed by atoms with Gasteiger partial charge < -0.3 is 5.32 Å². The van der Waals surface area contributed by atoms with Crippen molar-refractivity contribution in [3.63, 3.8) is 0 Å². The highest BCUT2D eigenvalue weighted by Crippen LogP contribution is 2.40. The molecule has 0 saturated heterocycles. The summed E-state index contributed by atoms with van der Waals surface area (Å²) < 4.78 is 13.6. The van der Waals surface area contributed by atoms with Gasteiger partial charge in [-0.3, -0.25) is 0 Å². The molecule has 0 spiro atoms. The second-order valence-electron chi connectivity index (χ2n) is 5.58. The molecular formula is C16H21FN2.